The lowest BCUT2D eigenvalue weighted by Crippen LogP contribution is -2.65. The zero-order valence-corrected chi connectivity index (χ0v) is 16.4. The van der Waals surface area contributed by atoms with Crippen molar-refractivity contribution in [3.05, 3.63) is 57.6 Å². The van der Waals surface area contributed by atoms with Gasteiger partial charge in [0.1, 0.15) is 11.5 Å². The van der Waals surface area contributed by atoms with E-state index in [1.165, 1.54) is 18.2 Å². The highest BCUT2D eigenvalue weighted by Crippen LogP contribution is 2.34. The highest BCUT2D eigenvalue weighted by Gasteiger charge is 2.36. The van der Waals surface area contributed by atoms with Crippen LogP contribution in [0.25, 0.3) is 16.7 Å². The van der Waals surface area contributed by atoms with Crippen LogP contribution in [0.1, 0.15) is 5.69 Å². The van der Waals surface area contributed by atoms with E-state index in [4.69, 9.17) is 58.7 Å². The maximum absolute atomic E-state index is 13.3. The molecule has 0 fully saturated rings. The number of rotatable bonds is 4. The molecule has 5 nitrogen and oxygen atoms in total. The van der Waals surface area contributed by atoms with E-state index in [0.717, 1.165) is 10.6 Å². The number of benzene rings is 1. The van der Waals surface area contributed by atoms with E-state index in [1.54, 1.807) is 6.07 Å². The van der Waals surface area contributed by atoms with Crippen molar-refractivity contribution in [1.82, 2.24) is 14.5 Å². The maximum atomic E-state index is 13.3. The van der Waals surface area contributed by atoms with E-state index >= 15 is 0 Å². The van der Waals surface area contributed by atoms with Crippen LogP contribution >= 0.6 is 11.6 Å². The summed E-state index contributed by atoms with van der Waals surface area (Å²) >= 11 is 6.14. The minimum absolute atomic E-state index is 0.0237. The molecule has 0 aliphatic rings. The fraction of sp³-hybridized carbons (Fsp3) is 0.188. The summed E-state index contributed by atoms with van der Waals surface area (Å²) in [4.78, 5) is 20.9. The topological polar surface area (TPSA) is 51.0 Å². The van der Waals surface area contributed by atoms with Crippen LogP contribution in [0.2, 0.25) is 5.02 Å². The summed E-state index contributed by atoms with van der Waals surface area (Å²) in [6.45, 7) is 0. The van der Waals surface area contributed by atoms with E-state index in [0.29, 0.717) is 11.0 Å². The SMILES string of the molecule is [B]C([B])([B])N(c1nc(=O)n(-c2ccccc2Cl)c2nc(C(F)(F)F)ccc12)C([B])([B])[B]. The normalized spacial score (nSPS) is 12.8. The standard InChI is InChI=1S/C16H6B6ClF3N4O/c17-15(18,19)30(16(20,21)22)12-7-5-6-10(14(24,25)26)27-11(7)29(13(31)28-12)9-4-2-1-3-8(9)23/h1-6H. The molecule has 2 aromatic heterocycles. The van der Waals surface area contributed by atoms with Crippen LogP contribution in [0.3, 0.4) is 0 Å². The molecule has 15 heteroatoms. The summed E-state index contributed by atoms with van der Waals surface area (Å²) in [5, 5.41) is -4.83. The van der Waals surface area contributed by atoms with Crippen molar-refractivity contribution in [1.29, 1.82) is 0 Å². The molecule has 0 unspecified atom stereocenters. The molecule has 0 spiro atoms. The number of alkyl halides is 3. The number of halogens is 4. The number of para-hydroxylation sites is 1. The van der Waals surface area contributed by atoms with Crippen LogP contribution in [0.15, 0.2) is 41.2 Å². The Morgan fingerprint density at radius 2 is 1.48 bits per heavy atom. The Kier molecular flexibility index (Phi) is 5.84. The molecule has 0 amide bonds. The van der Waals surface area contributed by atoms with Gasteiger partial charge in [-0.3, -0.25) is 0 Å². The molecule has 3 aromatic rings. The lowest BCUT2D eigenvalue weighted by Gasteiger charge is -2.50. The monoisotopic (exact) mass is 428 g/mol. The third-order valence-electron chi connectivity index (χ3n) is 4.09. The highest BCUT2D eigenvalue weighted by molar-refractivity contribution is 6.66. The molecule has 3 rings (SSSR count). The van der Waals surface area contributed by atoms with Crippen LogP contribution in [0, 0.1) is 0 Å². The molecule has 2 heterocycles. The van der Waals surface area contributed by atoms with Gasteiger partial charge in [-0.1, -0.05) is 34.2 Å². The number of aromatic nitrogens is 3. The van der Waals surface area contributed by atoms with Gasteiger partial charge in [0.15, 0.2) is 5.65 Å². The van der Waals surface area contributed by atoms with Crippen LogP contribution in [0.4, 0.5) is 19.0 Å². The molecular weight excluding hydrogens is 422 g/mol. The Morgan fingerprint density at radius 3 is 2.00 bits per heavy atom. The van der Waals surface area contributed by atoms with Gasteiger partial charge in [0.2, 0.25) is 0 Å². The molecule has 0 saturated carbocycles. The average Bonchev–Trinajstić information content (AvgIpc) is 2.59. The van der Waals surface area contributed by atoms with Gasteiger partial charge in [-0.25, -0.2) is 14.3 Å². The van der Waals surface area contributed by atoms with E-state index in [2.05, 4.69) is 9.97 Å². The van der Waals surface area contributed by atoms with E-state index in [-0.39, 0.29) is 16.1 Å². The number of hydrogen-bond acceptors (Lipinski definition) is 4. The van der Waals surface area contributed by atoms with E-state index in [1.807, 2.05) is 0 Å². The first kappa shape index (κ1) is 23.4. The molecule has 0 saturated heterocycles. The van der Waals surface area contributed by atoms with Crippen LogP contribution in [-0.4, -0.2) is 72.1 Å². The van der Waals surface area contributed by atoms with Crippen LogP contribution in [0.5, 0.6) is 0 Å². The first-order chi connectivity index (χ1) is 14.1. The smallest absolute Gasteiger partial charge is 0.395 e. The molecule has 0 bridgehead atoms. The van der Waals surface area contributed by atoms with Gasteiger partial charge in [-0.2, -0.15) is 18.2 Å². The Morgan fingerprint density at radius 1 is 0.903 bits per heavy atom. The number of anilines is 1. The van der Waals surface area contributed by atoms with Crippen LogP contribution in [-0.2, 0) is 6.18 Å². The summed E-state index contributed by atoms with van der Waals surface area (Å²) < 4.78 is 40.8. The van der Waals surface area contributed by atoms with Gasteiger partial charge < -0.3 is 4.90 Å². The number of fused-ring (bicyclic) bond motifs is 1. The zero-order chi connectivity index (χ0) is 23.4. The molecule has 0 aliphatic heterocycles. The predicted octanol–water partition coefficient (Wildman–Crippen LogP) is 0.493. The van der Waals surface area contributed by atoms with Gasteiger partial charge >= 0.3 is 11.9 Å². The third-order valence-corrected chi connectivity index (χ3v) is 4.41. The average molecular weight is 428 g/mol. The quantitative estimate of drug-likeness (QED) is 0.569. The third kappa shape index (κ3) is 4.54. The first-order valence-electron chi connectivity index (χ1n) is 8.42. The molecule has 142 valence electrons. The lowest BCUT2D eigenvalue weighted by molar-refractivity contribution is -0.141. The van der Waals surface area contributed by atoms with Crippen molar-refractivity contribution in [2.24, 2.45) is 0 Å². The van der Waals surface area contributed by atoms with Crippen molar-refractivity contribution >= 4 is 75.5 Å². The fourth-order valence-corrected chi connectivity index (χ4v) is 3.19. The first-order valence-corrected chi connectivity index (χ1v) is 8.79. The van der Waals surface area contributed by atoms with Crippen LogP contribution < -0.4 is 10.6 Å². The lowest BCUT2D eigenvalue weighted by atomic mass is 9.40. The second kappa shape index (κ2) is 7.73. The van der Waals surface area contributed by atoms with Crippen molar-refractivity contribution in [2.45, 2.75) is 16.7 Å². The predicted molar refractivity (Wildman–Crippen MR) is 118 cm³/mol. The second-order valence-electron chi connectivity index (χ2n) is 6.68. The summed E-state index contributed by atoms with van der Waals surface area (Å²) in [5.41, 5.74) is -2.85. The number of nitrogens with zero attached hydrogens (tertiary/aromatic N) is 4. The van der Waals surface area contributed by atoms with Gasteiger partial charge in [-0.05, 0) is 24.3 Å². The van der Waals surface area contributed by atoms with Gasteiger partial charge in [-0.15, -0.1) is 0 Å². The Labute approximate surface area is 188 Å². The largest absolute Gasteiger partial charge is 0.433 e. The van der Waals surface area contributed by atoms with Gasteiger partial charge in [0, 0.05) is 0 Å². The van der Waals surface area contributed by atoms with E-state index < -0.39 is 39.5 Å². The summed E-state index contributed by atoms with van der Waals surface area (Å²) in [6, 6.07) is 7.53. The molecule has 0 aliphatic carbocycles. The Balaban J connectivity index is 2.51. The molecule has 1 aromatic carbocycles. The molecule has 31 heavy (non-hydrogen) atoms. The van der Waals surface area contributed by atoms with E-state index in [9.17, 15) is 18.0 Å². The number of pyridine rings is 1. The minimum Gasteiger partial charge on any atom is -0.395 e. The molecule has 0 N–H and O–H groups in total. The molecular formula is C16H6B6ClF3N4O. The summed E-state index contributed by atoms with van der Waals surface area (Å²) in [6.07, 6.45) is -4.82. The second-order valence-corrected chi connectivity index (χ2v) is 7.09. The van der Waals surface area contributed by atoms with Crippen molar-refractivity contribution < 1.29 is 13.2 Å². The Bertz CT molecular complexity index is 1200. The van der Waals surface area contributed by atoms with Gasteiger partial charge in [0.25, 0.3) is 0 Å². The Hall–Kier alpha value is -2.22. The minimum atomic E-state index is -4.82. The highest BCUT2D eigenvalue weighted by atomic mass is 35.5. The van der Waals surface area contributed by atoms with Gasteiger partial charge in [0.05, 0.1) is 63.2 Å². The fourth-order valence-electron chi connectivity index (χ4n) is 2.97. The van der Waals surface area contributed by atoms with Crippen molar-refractivity contribution in [3.63, 3.8) is 0 Å². The maximum Gasteiger partial charge on any atom is 0.433 e. The molecule has 12 radical (unpaired) electrons. The number of hydrogen-bond donors (Lipinski definition) is 0. The van der Waals surface area contributed by atoms with Crippen molar-refractivity contribution in [3.8, 4) is 5.69 Å². The molecule has 0 atom stereocenters. The van der Waals surface area contributed by atoms with Crippen molar-refractivity contribution in [2.75, 3.05) is 4.90 Å². The zero-order valence-electron chi connectivity index (χ0n) is 15.6. The summed E-state index contributed by atoms with van der Waals surface area (Å²) in [7, 11) is 34.1. The summed E-state index contributed by atoms with van der Waals surface area (Å²) in [5.74, 6) is -0.482.